The van der Waals surface area contributed by atoms with Gasteiger partial charge in [0.1, 0.15) is 5.82 Å². The van der Waals surface area contributed by atoms with E-state index in [0.29, 0.717) is 12.5 Å². The number of likely N-dealkylation sites (tertiary alicyclic amines) is 2. The molecule has 174 valence electrons. The molecule has 2 aliphatic heterocycles. The van der Waals surface area contributed by atoms with Crippen LogP contribution in [0.2, 0.25) is 0 Å². The van der Waals surface area contributed by atoms with E-state index in [1.807, 2.05) is 30.9 Å². The number of halogens is 2. The molecule has 2 heterocycles. The number of hydrogen-bond acceptors (Lipinski definition) is 3. The van der Waals surface area contributed by atoms with E-state index in [4.69, 9.17) is 0 Å². The van der Waals surface area contributed by atoms with Gasteiger partial charge in [-0.25, -0.2) is 4.39 Å². The molecule has 0 aromatic heterocycles. The summed E-state index contributed by atoms with van der Waals surface area (Å²) in [5.41, 5.74) is 0.778. The normalized spacial score (nSPS) is 20.6. The molecule has 0 bridgehead atoms. The number of benzene rings is 1. The Hall–Kier alpha value is -1.42. The van der Waals surface area contributed by atoms with Crippen LogP contribution < -0.4 is 10.6 Å². The molecule has 1 unspecified atom stereocenters. The molecule has 2 saturated heterocycles. The first-order valence-electron chi connectivity index (χ1n) is 11.2. The van der Waals surface area contributed by atoms with Crippen LogP contribution in [0, 0.1) is 17.7 Å². The van der Waals surface area contributed by atoms with Crippen LogP contribution in [0.3, 0.4) is 0 Å². The first kappa shape index (κ1) is 25.8. The van der Waals surface area contributed by atoms with Gasteiger partial charge in [0, 0.05) is 50.7 Å². The lowest BCUT2D eigenvalue weighted by molar-refractivity contribution is -0.133. The number of carbonyl (C=O) groups excluding carboxylic acids is 1. The lowest BCUT2D eigenvalue weighted by Gasteiger charge is -2.32. The molecule has 0 aliphatic carbocycles. The summed E-state index contributed by atoms with van der Waals surface area (Å²) in [6.07, 6.45) is 3.14. The fourth-order valence-corrected chi connectivity index (χ4v) is 4.29. The molecule has 0 radical (unpaired) electrons. The third-order valence-electron chi connectivity index (χ3n) is 6.18. The van der Waals surface area contributed by atoms with Gasteiger partial charge in [0.05, 0.1) is 0 Å². The molecule has 3 rings (SSSR count). The maximum absolute atomic E-state index is 13.9. The van der Waals surface area contributed by atoms with Crippen LogP contribution in [0.5, 0.6) is 0 Å². The Kier molecular flexibility index (Phi) is 10.5. The molecule has 2 aliphatic rings. The summed E-state index contributed by atoms with van der Waals surface area (Å²) in [5.74, 6) is 1.56. The topological polar surface area (TPSA) is 60.0 Å². The zero-order valence-electron chi connectivity index (χ0n) is 18.9. The molecule has 2 N–H and O–H groups in total. The molecule has 2 fully saturated rings. The summed E-state index contributed by atoms with van der Waals surface area (Å²) >= 11 is 0. The number of piperidine rings is 1. The van der Waals surface area contributed by atoms with Crippen LogP contribution in [0.25, 0.3) is 0 Å². The zero-order valence-corrected chi connectivity index (χ0v) is 21.3. The molecule has 6 nitrogen and oxygen atoms in total. The van der Waals surface area contributed by atoms with E-state index in [1.54, 1.807) is 13.1 Å². The third-order valence-corrected chi connectivity index (χ3v) is 6.18. The SMILES string of the molecule is CN=C(NCC1CCN(Cc2ccccc2F)CC1)NC1CCN(C(=O)C(C)C)C1.I. The van der Waals surface area contributed by atoms with Crippen molar-refractivity contribution in [1.82, 2.24) is 20.4 Å². The molecule has 1 aromatic rings. The third kappa shape index (κ3) is 7.59. The van der Waals surface area contributed by atoms with Gasteiger partial charge in [-0.1, -0.05) is 32.0 Å². The number of carbonyl (C=O) groups is 1. The van der Waals surface area contributed by atoms with Gasteiger partial charge < -0.3 is 15.5 Å². The quantitative estimate of drug-likeness (QED) is 0.328. The second-order valence-electron chi connectivity index (χ2n) is 8.83. The number of rotatable bonds is 6. The average molecular weight is 545 g/mol. The standard InChI is InChI=1S/C23H36FN5O.HI/c1-17(2)22(30)29-13-10-20(16-29)27-23(25-3)26-14-18-8-11-28(12-9-18)15-19-6-4-5-7-21(19)24;/h4-7,17-18,20H,8-16H2,1-3H3,(H2,25,26,27);1H. The van der Waals surface area contributed by atoms with E-state index in [-0.39, 0.29) is 47.7 Å². The molecule has 0 spiro atoms. The number of amides is 1. The molecule has 1 aromatic carbocycles. The lowest BCUT2D eigenvalue weighted by atomic mass is 9.96. The summed E-state index contributed by atoms with van der Waals surface area (Å²) < 4.78 is 13.9. The monoisotopic (exact) mass is 545 g/mol. The maximum atomic E-state index is 13.9. The van der Waals surface area contributed by atoms with Crippen molar-refractivity contribution in [2.75, 3.05) is 39.8 Å². The number of guanidine groups is 1. The minimum atomic E-state index is -0.114. The fourth-order valence-electron chi connectivity index (χ4n) is 4.29. The molecule has 31 heavy (non-hydrogen) atoms. The largest absolute Gasteiger partial charge is 0.356 e. The van der Waals surface area contributed by atoms with Crippen LogP contribution in [0.1, 0.15) is 38.7 Å². The van der Waals surface area contributed by atoms with Crippen molar-refractivity contribution < 1.29 is 9.18 Å². The van der Waals surface area contributed by atoms with Gasteiger partial charge in [-0.05, 0) is 44.3 Å². The summed E-state index contributed by atoms with van der Waals surface area (Å²) in [7, 11) is 1.79. The molecular weight excluding hydrogens is 508 g/mol. The van der Waals surface area contributed by atoms with Crippen molar-refractivity contribution in [2.45, 2.75) is 45.7 Å². The first-order chi connectivity index (χ1) is 14.5. The Balaban J connectivity index is 0.00000341. The highest BCUT2D eigenvalue weighted by Gasteiger charge is 2.28. The first-order valence-corrected chi connectivity index (χ1v) is 11.2. The van der Waals surface area contributed by atoms with Crippen LogP contribution in [0.4, 0.5) is 4.39 Å². The summed E-state index contributed by atoms with van der Waals surface area (Å²) in [5, 5.41) is 6.93. The van der Waals surface area contributed by atoms with Crippen molar-refractivity contribution in [3.05, 3.63) is 35.6 Å². The average Bonchev–Trinajstić information content (AvgIpc) is 3.21. The van der Waals surface area contributed by atoms with Crippen LogP contribution in [-0.4, -0.2) is 67.5 Å². The predicted octanol–water partition coefficient (Wildman–Crippen LogP) is 3.08. The van der Waals surface area contributed by atoms with E-state index >= 15 is 0 Å². The lowest BCUT2D eigenvalue weighted by Crippen LogP contribution is -2.47. The van der Waals surface area contributed by atoms with E-state index < -0.39 is 0 Å². The van der Waals surface area contributed by atoms with Crippen LogP contribution in [-0.2, 0) is 11.3 Å². The predicted molar refractivity (Wildman–Crippen MR) is 134 cm³/mol. The van der Waals surface area contributed by atoms with Gasteiger partial charge in [-0.15, -0.1) is 24.0 Å². The fraction of sp³-hybridized carbons (Fsp3) is 0.652. The summed E-state index contributed by atoms with van der Waals surface area (Å²) in [6.45, 7) is 9.00. The summed E-state index contributed by atoms with van der Waals surface area (Å²) in [6, 6.07) is 7.30. The van der Waals surface area contributed by atoms with Crippen molar-refractivity contribution in [2.24, 2.45) is 16.8 Å². The number of aliphatic imine (C=N–C) groups is 1. The van der Waals surface area contributed by atoms with Crippen molar-refractivity contribution in [1.29, 1.82) is 0 Å². The molecular formula is C23H37FIN5O. The second kappa shape index (κ2) is 12.6. The smallest absolute Gasteiger partial charge is 0.225 e. The van der Waals surface area contributed by atoms with Gasteiger partial charge in [0.2, 0.25) is 5.91 Å². The van der Waals surface area contributed by atoms with Crippen molar-refractivity contribution in [3.63, 3.8) is 0 Å². The Bertz CT molecular complexity index is 736. The minimum Gasteiger partial charge on any atom is -0.356 e. The maximum Gasteiger partial charge on any atom is 0.225 e. The number of nitrogens with zero attached hydrogens (tertiary/aromatic N) is 3. The highest BCUT2D eigenvalue weighted by molar-refractivity contribution is 14.0. The van der Waals surface area contributed by atoms with Gasteiger partial charge in [-0.3, -0.25) is 14.7 Å². The molecule has 1 amide bonds. The Morgan fingerprint density at radius 3 is 2.55 bits per heavy atom. The van der Waals surface area contributed by atoms with Gasteiger partial charge in [-0.2, -0.15) is 0 Å². The van der Waals surface area contributed by atoms with Crippen molar-refractivity contribution in [3.8, 4) is 0 Å². The van der Waals surface area contributed by atoms with Crippen LogP contribution >= 0.6 is 24.0 Å². The van der Waals surface area contributed by atoms with Crippen molar-refractivity contribution >= 4 is 35.8 Å². The van der Waals surface area contributed by atoms with Crippen LogP contribution in [0.15, 0.2) is 29.3 Å². The number of hydrogen-bond donors (Lipinski definition) is 2. The van der Waals surface area contributed by atoms with E-state index in [0.717, 1.165) is 63.5 Å². The summed E-state index contributed by atoms with van der Waals surface area (Å²) in [4.78, 5) is 20.8. The highest BCUT2D eigenvalue weighted by Crippen LogP contribution is 2.19. The Morgan fingerprint density at radius 1 is 1.19 bits per heavy atom. The second-order valence-corrected chi connectivity index (χ2v) is 8.83. The molecule has 8 heteroatoms. The zero-order chi connectivity index (χ0) is 21.5. The van der Waals surface area contributed by atoms with E-state index in [1.165, 1.54) is 6.07 Å². The molecule has 0 saturated carbocycles. The molecule has 1 atom stereocenters. The minimum absolute atomic E-state index is 0. The van der Waals surface area contributed by atoms with E-state index in [2.05, 4.69) is 20.5 Å². The van der Waals surface area contributed by atoms with Gasteiger partial charge >= 0.3 is 0 Å². The van der Waals surface area contributed by atoms with Gasteiger partial charge in [0.15, 0.2) is 5.96 Å². The number of nitrogens with one attached hydrogen (secondary N) is 2. The Morgan fingerprint density at radius 2 is 1.90 bits per heavy atom. The van der Waals surface area contributed by atoms with Gasteiger partial charge in [0.25, 0.3) is 0 Å². The highest BCUT2D eigenvalue weighted by atomic mass is 127. The Labute approximate surface area is 203 Å². The van der Waals surface area contributed by atoms with E-state index in [9.17, 15) is 9.18 Å².